The number of hydrogen-bond acceptors (Lipinski definition) is 2. The van der Waals surface area contributed by atoms with E-state index in [4.69, 9.17) is 0 Å². The van der Waals surface area contributed by atoms with Gasteiger partial charge in [-0.2, -0.15) is 0 Å². The van der Waals surface area contributed by atoms with Crippen LogP contribution in [0.4, 0.5) is 0 Å². The van der Waals surface area contributed by atoms with E-state index in [9.17, 15) is 4.79 Å². The highest BCUT2D eigenvalue weighted by molar-refractivity contribution is 5.94. The predicted octanol–water partition coefficient (Wildman–Crippen LogP) is 2.84. The Bertz CT molecular complexity index is 480. The molecule has 3 heteroatoms. The van der Waals surface area contributed by atoms with E-state index in [-0.39, 0.29) is 11.9 Å². The van der Waals surface area contributed by atoms with E-state index in [0.29, 0.717) is 5.92 Å². The van der Waals surface area contributed by atoms with Gasteiger partial charge in [-0.05, 0) is 56.0 Å². The first-order valence-electron chi connectivity index (χ1n) is 7.62. The molecule has 0 radical (unpaired) electrons. The van der Waals surface area contributed by atoms with E-state index < -0.39 is 0 Å². The van der Waals surface area contributed by atoms with Crippen LogP contribution in [0.5, 0.6) is 0 Å². The lowest BCUT2D eigenvalue weighted by Crippen LogP contribution is -2.39. The summed E-state index contributed by atoms with van der Waals surface area (Å²) in [5, 5.41) is 3.37. The molecule has 110 valence electrons. The summed E-state index contributed by atoms with van der Waals surface area (Å²) in [4.78, 5) is 14.7. The van der Waals surface area contributed by atoms with Crippen molar-refractivity contribution in [3.05, 3.63) is 34.9 Å². The molecular weight excluding hydrogens is 248 g/mol. The quantitative estimate of drug-likeness (QED) is 0.915. The largest absolute Gasteiger partial charge is 0.336 e. The van der Waals surface area contributed by atoms with Crippen LogP contribution in [-0.4, -0.2) is 29.9 Å². The van der Waals surface area contributed by atoms with Crippen LogP contribution in [0.3, 0.4) is 0 Å². The smallest absolute Gasteiger partial charge is 0.254 e. The van der Waals surface area contributed by atoms with Gasteiger partial charge in [0.15, 0.2) is 0 Å². The van der Waals surface area contributed by atoms with Gasteiger partial charge in [0.25, 0.3) is 5.91 Å². The lowest BCUT2D eigenvalue weighted by molar-refractivity contribution is 0.0682. The van der Waals surface area contributed by atoms with Crippen LogP contribution >= 0.6 is 0 Å². The summed E-state index contributed by atoms with van der Waals surface area (Å²) in [6, 6.07) is 6.41. The average Bonchev–Trinajstić information content (AvgIpc) is 2.43. The van der Waals surface area contributed by atoms with E-state index in [0.717, 1.165) is 31.6 Å². The average molecular weight is 274 g/mol. The third-order valence-electron chi connectivity index (χ3n) is 3.79. The number of nitrogens with one attached hydrogen (secondary N) is 1. The zero-order valence-electron chi connectivity index (χ0n) is 13.1. The van der Waals surface area contributed by atoms with Crippen LogP contribution in [0, 0.1) is 5.92 Å². The zero-order chi connectivity index (χ0) is 14.7. The first-order valence-corrected chi connectivity index (χ1v) is 7.62. The van der Waals surface area contributed by atoms with Crippen molar-refractivity contribution >= 4 is 5.91 Å². The fourth-order valence-corrected chi connectivity index (χ4v) is 2.70. The van der Waals surface area contributed by atoms with Gasteiger partial charge in [-0.15, -0.1) is 0 Å². The van der Waals surface area contributed by atoms with Gasteiger partial charge in [-0.3, -0.25) is 4.79 Å². The number of fused-ring (bicyclic) bond motifs is 1. The summed E-state index contributed by atoms with van der Waals surface area (Å²) in [6.45, 7) is 11.2. The molecular formula is C17H26N2O. The van der Waals surface area contributed by atoms with Gasteiger partial charge in [0.1, 0.15) is 0 Å². The Morgan fingerprint density at radius 2 is 2.00 bits per heavy atom. The maximum Gasteiger partial charge on any atom is 0.254 e. The van der Waals surface area contributed by atoms with Gasteiger partial charge in [-0.1, -0.05) is 19.9 Å². The lowest BCUT2D eigenvalue weighted by Gasteiger charge is -2.29. The molecule has 1 aromatic rings. The summed E-state index contributed by atoms with van der Waals surface area (Å²) in [6.07, 6.45) is 1.06. The third-order valence-corrected chi connectivity index (χ3v) is 3.79. The molecule has 3 nitrogen and oxygen atoms in total. The van der Waals surface area contributed by atoms with Crippen LogP contribution in [0.2, 0.25) is 0 Å². The summed E-state index contributed by atoms with van der Waals surface area (Å²) < 4.78 is 0. The second kappa shape index (κ2) is 6.40. The second-order valence-corrected chi connectivity index (χ2v) is 6.36. The lowest BCUT2D eigenvalue weighted by atomic mass is 9.98. The Hall–Kier alpha value is -1.35. The van der Waals surface area contributed by atoms with Crippen molar-refractivity contribution in [3.8, 4) is 0 Å². The van der Waals surface area contributed by atoms with Crippen molar-refractivity contribution < 1.29 is 4.79 Å². The molecule has 20 heavy (non-hydrogen) atoms. The van der Waals surface area contributed by atoms with Gasteiger partial charge in [0.2, 0.25) is 0 Å². The molecule has 1 amide bonds. The summed E-state index contributed by atoms with van der Waals surface area (Å²) >= 11 is 0. The highest BCUT2D eigenvalue weighted by atomic mass is 16.2. The first kappa shape index (κ1) is 15.0. The minimum Gasteiger partial charge on any atom is -0.336 e. The van der Waals surface area contributed by atoms with Crippen molar-refractivity contribution in [2.75, 3.05) is 13.1 Å². The summed E-state index contributed by atoms with van der Waals surface area (Å²) in [5.74, 6) is 0.641. The fourth-order valence-electron chi connectivity index (χ4n) is 2.70. The Morgan fingerprint density at radius 1 is 1.25 bits per heavy atom. The standard InChI is InChI=1S/C17H26N2O/c1-12(2)11-19(13(3)4)17(20)15-6-5-14-7-8-18-10-16(14)9-15/h5-6,9,12-13,18H,7-8,10-11H2,1-4H3. The molecule has 0 unspecified atom stereocenters. The fraction of sp³-hybridized carbons (Fsp3) is 0.588. The Balaban J connectivity index is 2.22. The molecule has 0 aromatic heterocycles. The molecule has 1 N–H and O–H groups in total. The molecule has 0 atom stereocenters. The highest BCUT2D eigenvalue weighted by Crippen LogP contribution is 2.18. The second-order valence-electron chi connectivity index (χ2n) is 6.36. The van der Waals surface area contributed by atoms with Crippen LogP contribution in [0.1, 0.15) is 49.2 Å². The van der Waals surface area contributed by atoms with Gasteiger partial charge in [-0.25, -0.2) is 0 Å². The van der Waals surface area contributed by atoms with Crippen molar-refractivity contribution in [3.63, 3.8) is 0 Å². The van der Waals surface area contributed by atoms with Gasteiger partial charge < -0.3 is 10.2 Å². The first-order chi connectivity index (χ1) is 9.49. The maximum atomic E-state index is 12.7. The molecule has 0 aliphatic carbocycles. The van der Waals surface area contributed by atoms with Crippen molar-refractivity contribution in [1.82, 2.24) is 10.2 Å². The van der Waals surface area contributed by atoms with Gasteiger partial charge in [0.05, 0.1) is 0 Å². The molecule has 0 saturated carbocycles. The number of amides is 1. The van der Waals surface area contributed by atoms with Crippen molar-refractivity contribution in [1.29, 1.82) is 0 Å². The topological polar surface area (TPSA) is 32.3 Å². The van der Waals surface area contributed by atoms with Gasteiger partial charge in [0, 0.05) is 24.7 Å². The van der Waals surface area contributed by atoms with E-state index in [2.05, 4.69) is 45.1 Å². The molecule has 0 saturated heterocycles. The highest BCUT2D eigenvalue weighted by Gasteiger charge is 2.21. The molecule has 2 rings (SSSR count). The Kier molecular flexibility index (Phi) is 4.81. The molecule has 0 fully saturated rings. The number of hydrogen-bond donors (Lipinski definition) is 1. The maximum absolute atomic E-state index is 12.7. The van der Waals surface area contributed by atoms with Crippen LogP contribution in [-0.2, 0) is 13.0 Å². The summed E-state index contributed by atoms with van der Waals surface area (Å²) in [5.41, 5.74) is 3.47. The van der Waals surface area contributed by atoms with E-state index >= 15 is 0 Å². The number of nitrogens with zero attached hydrogens (tertiary/aromatic N) is 1. The van der Waals surface area contributed by atoms with E-state index in [1.807, 2.05) is 11.0 Å². The molecule has 1 aliphatic rings. The molecule has 1 heterocycles. The number of carbonyl (C=O) groups is 1. The monoisotopic (exact) mass is 274 g/mol. The van der Waals surface area contributed by atoms with E-state index in [1.54, 1.807) is 0 Å². The number of benzene rings is 1. The molecule has 0 spiro atoms. The zero-order valence-corrected chi connectivity index (χ0v) is 13.1. The van der Waals surface area contributed by atoms with E-state index in [1.165, 1.54) is 11.1 Å². The third kappa shape index (κ3) is 3.40. The summed E-state index contributed by atoms with van der Waals surface area (Å²) in [7, 11) is 0. The van der Waals surface area contributed by atoms with Crippen molar-refractivity contribution in [2.24, 2.45) is 5.92 Å². The SMILES string of the molecule is CC(C)CN(C(=O)c1ccc2c(c1)CNCC2)C(C)C. The van der Waals surface area contributed by atoms with Crippen LogP contribution in [0.25, 0.3) is 0 Å². The minimum atomic E-state index is 0.155. The van der Waals surface area contributed by atoms with Crippen LogP contribution < -0.4 is 5.32 Å². The van der Waals surface area contributed by atoms with Gasteiger partial charge >= 0.3 is 0 Å². The normalized spacial score (nSPS) is 14.5. The number of carbonyl (C=O) groups excluding carboxylic acids is 1. The number of rotatable bonds is 4. The Labute approximate surface area is 122 Å². The molecule has 1 aromatic carbocycles. The minimum absolute atomic E-state index is 0.155. The Morgan fingerprint density at radius 3 is 2.65 bits per heavy atom. The molecule has 1 aliphatic heterocycles. The molecule has 0 bridgehead atoms. The predicted molar refractivity (Wildman–Crippen MR) is 82.9 cm³/mol. The van der Waals surface area contributed by atoms with Crippen molar-refractivity contribution in [2.45, 2.75) is 46.7 Å². The van der Waals surface area contributed by atoms with Crippen LogP contribution in [0.15, 0.2) is 18.2 Å².